The second-order valence-corrected chi connectivity index (χ2v) is 2.40. The van der Waals surface area contributed by atoms with Gasteiger partial charge in [-0.15, -0.1) is 11.8 Å². The molecule has 0 radical (unpaired) electrons. The van der Waals surface area contributed by atoms with E-state index >= 15 is 0 Å². The van der Waals surface area contributed by atoms with Crippen LogP contribution < -0.4 is 6.15 Å². The maximum absolute atomic E-state index is 2.10. The van der Waals surface area contributed by atoms with Gasteiger partial charge >= 0.3 is 0 Å². The monoisotopic (exact) mass is 141 g/mol. The van der Waals surface area contributed by atoms with E-state index in [0.29, 0.717) is 0 Å². The third kappa shape index (κ3) is 2.54. The van der Waals surface area contributed by atoms with Gasteiger partial charge in [0.05, 0.1) is 0 Å². The SMILES string of the molecule is CSc1ccccc1.N. The molecule has 50 valence electrons. The highest BCUT2D eigenvalue weighted by molar-refractivity contribution is 7.98. The van der Waals surface area contributed by atoms with Gasteiger partial charge in [0.15, 0.2) is 0 Å². The minimum atomic E-state index is 0. The second kappa shape index (κ2) is 4.41. The van der Waals surface area contributed by atoms with Crippen molar-refractivity contribution in [2.45, 2.75) is 4.90 Å². The number of rotatable bonds is 1. The van der Waals surface area contributed by atoms with E-state index in [1.807, 2.05) is 18.2 Å². The number of benzene rings is 1. The van der Waals surface area contributed by atoms with Gasteiger partial charge in [-0.05, 0) is 18.4 Å². The van der Waals surface area contributed by atoms with Gasteiger partial charge in [-0.2, -0.15) is 0 Å². The maximum Gasteiger partial charge on any atom is 0.00691 e. The fraction of sp³-hybridized carbons (Fsp3) is 0.143. The van der Waals surface area contributed by atoms with Crippen molar-refractivity contribution in [3.05, 3.63) is 30.3 Å². The molecule has 0 saturated carbocycles. The van der Waals surface area contributed by atoms with Crippen LogP contribution in [-0.2, 0) is 0 Å². The van der Waals surface area contributed by atoms with E-state index in [-0.39, 0.29) is 6.15 Å². The second-order valence-electron chi connectivity index (χ2n) is 1.52. The Kier molecular flexibility index (Phi) is 4.18. The van der Waals surface area contributed by atoms with Crippen molar-refractivity contribution < 1.29 is 0 Å². The van der Waals surface area contributed by atoms with Gasteiger partial charge in [0.2, 0.25) is 0 Å². The molecule has 1 nitrogen and oxygen atoms in total. The smallest absolute Gasteiger partial charge is 0.00691 e. The Bertz CT molecular complexity index is 150. The number of hydrogen-bond donors (Lipinski definition) is 1. The third-order valence-corrected chi connectivity index (χ3v) is 1.72. The summed E-state index contributed by atoms with van der Waals surface area (Å²) in [5.74, 6) is 0. The van der Waals surface area contributed by atoms with Crippen molar-refractivity contribution in [3.63, 3.8) is 0 Å². The zero-order valence-electron chi connectivity index (χ0n) is 5.50. The molecule has 0 bridgehead atoms. The summed E-state index contributed by atoms with van der Waals surface area (Å²) in [7, 11) is 0. The zero-order chi connectivity index (χ0) is 5.82. The van der Waals surface area contributed by atoms with Crippen molar-refractivity contribution in [1.82, 2.24) is 6.15 Å². The van der Waals surface area contributed by atoms with Crippen molar-refractivity contribution in [3.8, 4) is 0 Å². The molecule has 2 heteroatoms. The number of hydrogen-bond acceptors (Lipinski definition) is 2. The Hall–Kier alpha value is -0.470. The van der Waals surface area contributed by atoms with Crippen molar-refractivity contribution in [1.29, 1.82) is 0 Å². The summed E-state index contributed by atoms with van der Waals surface area (Å²) in [5, 5.41) is 0. The van der Waals surface area contributed by atoms with E-state index in [1.54, 1.807) is 11.8 Å². The van der Waals surface area contributed by atoms with Crippen molar-refractivity contribution in [2.24, 2.45) is 0 Å². The van der Waals surface area contributed by atoms with Crippen LogP contribution in [0.1, 0.15) is 0 Å². The molecule has 0 aliphatic heterocycles. The predicted molar refractivity (Wildman–Crippen MR) is 43.2 cm³/mol. The molecule has 0 aromatic heterocycles. The van der Waals surface area contributed by atoms with E-state index in [1.165, 1.54) is 4.90 Å². The lowest BCUT2D eigenvalue weighted by Crippen LogP contribution is -1.62. The van der Waals surface area contributed by atoms with Crippen LogP contribution in [0.25, 0.3) is 0 Å². The molecular weight excluding hydrogens is 130 g/mol. The van der Waals surface area contributed by atoms with Crippen LogP contribution >= 0.6 is 11.8 Å². The topological polar surface area (TPSA) is 35.0 Å². The molecule has 0 unspecified atom stereocenters. The Morgan fingerprint density at radius 1 is 1.11 bits per heavy atom. The first kappa shape index (κ1) is 8.53. The molecule has 0 atom stereocenters. The Morgan fingerprint density at radius 3 is 2.00 bits per heavy atom. The molecule has 1 rings (SSSR count). The zero-order valence-corrected chi connectivity index (χ0v) is 6.32. The minimum absolute atomic E-state index is 0. The lowest BCUT2D eigenvalue weighted by Gasteiger charge is -1.89. The lowest BCUT2D eigenvalue weighted by atomic mass is 10.4. The maximum atomic E-state index is 2.10. The number of thioether (sulfide) groups is 1. The van der Waals surface area contributed by atoms with Gasteiger partial charge in [-0.3, -0.25) is 0 Å². The Morgan fingerprint density at radius 2 is 1.67 bits per heavy atom. The van der Waals surface area contributed by atoms with E-state index in [9.17, 15) is 0 Å². The van der Waals surface area contributed by atoms with Crippen molar-refractivity contribution in [2.75, 3.05) is 6.26 Å². The van der Waals surface area contributed by atoms with Crippen LogP contribution in [0, 0.1) is 0 Å². The van der Waals surface area contributed by atoms with Crippen LogP contribution in [0.3, 0.4) is 0 Å². The van der Waals surface area contributed by atoms with Crippen LogP contribution in [-0.4, -0.2) is 6.26 Å². The van der Waals surface area contributed by atoms with Gasteiger partial charge in [0.25, 0.3) is 0 Å². The fourth-order valence-electron chi connectivity index (χ4n) is 0.557. The van der Waals surface area contributed by atoms with E-state index < -0.39 is 0 Å². The minimum Gasteiger partial charge on any atom is -0.344 e. The lowest BCUT2D eigenvalue weighted by molar-refractivity contribution is 1.47. The average Bonchev–Trinajstić information content (AvgIpc) is 1.90. The molecule has 0 spiro atoms. The Balaban J connectivity index is 0.000000640. The van der Waals surface area contributed by atoms with Gasteiger partial charge in [-0.1, -0.05) is 18.2 Å². The van der Waals surface area contributed by atoms with E-state index in [0.717, 1.165) is 0 Å². The summed E-state index contributed by atoms with van der Waals surface area (Å²) in [6.07, 6.45) is 2.08. The van der Waals surface area contributed by atoms with Gasteiger partial charge in [0.1, 0.15) is 0 Å². The quantitative estimate of drug-likeness (QED) is 0.610. The molecule has 0 heterocycles. The first-order valence-electron chi connectivity index (χ1n) is 2.52. The summed E-state index contributed by atoms with van der Waals surface area (Å²) in [4.78, 5) is 1.33. The highest BCUT2D eigenvalue weighted by atomic mass is 32.2. The summed E-state index contributed by atoms with van der Waals surface area (Å²) >= 11 is 1.77. The van der Waals surface area contributed by atoms with Gasteiger partial charge in [-0.25, -0.2) is 0 Å². The molecular formula is C7H11NS. The summed E-state index contributed by atoms with van der Waals surface area (Å²) in [5.41, 5.74) is 0. The molecule has 0 fully saturated rings. The van der Waals surface area contributed by atoms with Gasteiger partial charge in [0, 0.05) is 4.90 Å². The van der Waals surface area contributed by atoms with Crippen LogP contribution in [0.2, 0.25) is 0 Å². The van der Waals surface area contributed by atoms with Crippen LogP contribution in [0.4, 0.5) is 0 Å². The highest BCUT2D eigenvalue weighted by Crippen LogP contribution is 2.11. The predicted octanol–water partition coefficient (Wildman–Crippen LogP) is 2.57. The largest absolute Gasteiger partial charge is 0.344 e. The molecule has 3 N–H and O–H groups in total. The molecule has 1 aromatic carbocycles. The molecule has 0 saturated heterocycles. The van der Waals surface area contributed by atoms with Gasteiger partial charge < -0.3 is 6.15 Å². The van der Waals surface area contributed by atoms with Crippen LogP contribution in [0.5, 0.6) is 0 Å². The average molecular weight is 141 g/mol. The van der Waals surface area contributed by atoms with Crippen molar-refractivity contribution >= 4 is 11.8 Å². The first-order valence-corrected chi connectivity index (χ1v) is 3.75. The first-order chi connectivity index (χ1) is 3.93. The van der Waals surface area contributed by atoms with Crippen LogP contribution in [0.15, 0.2) is 35.2 Å². The van der Waals surface area contributed by atoms with E-state index in [2.05, 4.69) is 18.4 Å². The molecule has 0 amide bonds. The molecule has 1 aromatic rings. The normalized spacial score (nSPS) is 8.11. The fourth-order valence-corrected chi connectivity index (χ4v) is 0.986. The van der Waals surface area contributed by atoms with E-state index in [4.69, 9.17) is 0 Å². The highest BCUT2D eigenvalue weighted by Gasteiger charge is 1.80. The summed E-state index contributed by atoms with van der Waals surface area (Å²) < 4.78 is 0. The summed E-state index contributed by atoms with van der Waals surface area (Å²) in [6.45, 7) is 0. The third-order valence-electron chi connectivity index (χ3n) is 0.979. The molecule has 0 aliphatic rings. The summed E-state index contributed by atoms with van der Waals surface area (Å²) in [6, 6.07) is 10.3. The standard InChI is InChI=1S/C7H8S.H3N/c1-8-7-5-3-2-4-6-7;/h2-6H,1H3;1H3. The molecule has 0 aliphatic carbocycles. The Labute approximate surface area is 60.1 Å². The molecule has 9 heavy (non-hydrogen) atoms.